The van der Waals surface area contributed by atoms with Crippen molar-refractivity contribution in [1.82, 2.24) is 0 Å². The van der Waals surface area contributed by atoms with Crippen molar-refractivity contribution in [2.75, 3.05) is 13.2 Å². The van der Waals surface area contributed by atoms with Crippen LogP contribution in [-0.2, 0) is 5.54 Å². The standard InChI is InChI=1S/C16H23NO2/c1-15(2)6-7-16(17,11-15)12-4-5-13-14(10-12)19-9-3-8-18-13/h4-5,10H,3,6-9,11,17H2,1-2H3. The van der Waals surface area contributed by atoms with E-state index in [1.807, 2.05) is 6.07 Å². The fourth-order valence-electron chi connectivity index (χ4n) is 3.31. The van der Waals surface area contributed by atoms with Gasteiger partial charge in [-0.25, -0.2) is 0 Å². The molecule has 1 fully saturated rings. The van der Waals surface area contributed by atoms with Crippen molar-refractivity contribution in [3.8, 4) is 11.5 Å². The van der Waals surface area contributed by atoms with Crippen LogP contribution < -0.4 is 15.2 Å². The van der Waals surface area contributed by atoms with E-state index in [0.717, 1.165) is 44.0 Å². The first-order chi connectivity index (χ1) is 8.99. The zero-order chi connectivity index (χ0) is 13.5. The average molecular weight is 261 g/mol. The third-order valence-corrected chi connectivity index (χ3v) is 4.36. The summed E-state index contributed by atoms with van der Waals surface area (Å²) in [6.07, 6.45) is 4.18. The van der Waals surface area contributed by atoms with Gasteiger partial charge in [0.1, 0.15) is 0 Å². The molecule has 1 heterocycles. The number of nitrogens with two attached hydrogens (primary N) is 1. The first-order valence-electron chi connectivity index (χ1n) is 7.18. The Bertz CT molecular complexity index is 484. The molecule has 1 saturated carbocycles. The Kier molecular flexibility index (Phi) is 2.97. The van der Waals surface area contributed by atoms with E-state index in [9.17, 15) is 0 Å². The zero-order valence-electron chi connectivity index (χ0n) is 11.9. The zero-order valence-corrected chi connectivity index (χ0v) is 11.9. The van der Waals surface area contributed by atoms with Crippen molar-refractivity contribution in [2.24, 2.45) is 11.1 Å². The molecule has 1 aromatic carbocycles. The monoisotopic (exact) mass is 261 g/mol. The highest BCUT2D eigenvalue weighted by molar-refractivity contribution is 5.45. The van der Waals surface area contributed by atoms with Gasteiger partial charge in [-0.3, -0.25) is 0 Å². The van der Waals surface area contributed by atoms with Crippen LogP contribution in [0.5, 0.6) is 11.5 Å². The number of hydrogen-bond donors (Lipinski definition) is 1. The van der Waals surface area contributed by atoms with Crippen LogP contribution >= 0.6 is 0 Å². The third kappa shape index (κ3) is 2.44. The molecule has 1 atom stereocenters. The lowest BCUT2D eigenvalue weighted by Crippen LogP contribution is -2.34. The van der Waals surface area contributed by atoms with E-state index in [4.69, 9.17) is 15.2 Å². The van der Waals surface area contributed by atoms with E-state index in [0.29, 0.717) is 5.41 Å². The summed E-state index contributed by atoms with van der Waals surface area (Å²) in [5.74, 6) is 1.70. The van der Waals surface area contributed by atoms with Crippen molar-refractivity contribution in [2.45, 2.75) is 45.1 Å². The number of hydrogen-bond acceptors (Lipinski definition) is 3. The van der Waals surface area contributed by atoms with Crippen LogP contribution in [0.3, 0.4) is 0 Å². The molecule has 19 heavy (non-hydrogen) atoms. The summed E-state index contributed by atoms with van der Waals surface area (Å²) >= 11 is 0. The van der Waals surface area contributed by atoms with Crippen LogP contribution in [0.2, 0.25) is 0 Å². The molecule has 0 spiro atoms. The van der Waals surface area contributed by atoms with Crippen molar-refractivity contribution < 1.29 is 9.47 Å². The number of benzene rings is 1. The smallest absolute Gasteiger partial charge is 0.161 e. The van der Waals surface area contributed by atoms with E-state index in [2.05, 4.69) is 26.0 Å². The molecule has 3 rings (SSSR count). The van der Waals surface area contributed by atoms with Crippen molar-refractivity contribution in [3.63, 3.8) is 0 Å². The summed E-state index contributed by atoms with van der Waals surface area (Å²) in [6.45, 7) is 6.04. The average Bonchev–Trinajstić information content (AvgIpc) is 2.55. The molecule has 1 aliphatic heterocycles. The highest BCUT2D eigenvalue weighted by Gasteiger charge is 2.41. The second-order valence-corrected chi connectivity index (χ2v) is 6.71. The second-order valence-electron chi connectivity index (χ2n) is 6.71. The Morgan fingerprint density at radius 1 is 1.05 bits per heavy atom. The number of fused-ring (bicyclic) bond motifs is 1. The van der Waals surface area contributed by atoms with E-state index in [1.165, 1.54) is 12.0 Å². The summed E-state index contributed by atoms with van der Waals surface area (Å²) in [5.41, 5.74) is 7.93. The van der Waals surface area contributed by atoms with Gasteiger partial charge in [0.15, 0.2) is 11.5 Å². The minimum atomic E-state index is -0.214. The SMILES string of the molecule is CC1(C)CCC(N)(c2ccc3c(c2)OCCCO3)C1. The van der Waals surface area contributed by atoms with Gasteiger partial charge in [-0.05, 0) is 42.4 Å². The predicted octanol–water partition coefficient (Wildman–Crippen LogP) is 3.21. The van der Waals surface area contributed by atoms with Gasteiger partial charge < -0.3 is 15.2 Å². The van der Waals surface area contributed by atoms with E-state index >= 15 is 0 Å². The van der Waals surface area contributed by atoms with Gasteiger partial charge in [-0.2, -0.15) is 0 Å². The molecule has 1 unspecified atom stereocenters. The maximum Gasteiger partial charge on any atom is 0.161 e. The van der Waals surface area contributed by atoms with Gasteiger partial charge in [0.25, 0.3) is 0 Å². The summed E-state index contributed by atoms with van der Waals surface area (Å²) < 4.78 is 11.4. The lowest BCUT2D eigenvalue weighted by molar-refractivity contribution is 0.296. The van der Waals surface area contributed by atoms with Crippen LogP contribution in [0.25, 0.3) is 0 Å². The quantitative estimate of drug-likeness (QED) is 0.844. The van der Waals surface area contributed by atoms with Crippen LogP contribution in [0.4, 0.5) is 0 Å². The van der Waals surface area contributed by atoms with Gasteiger partial charge in [-0.15, -0.1) is 0 Å². The fourth-order valence-corrected chi connectivity index (χ4v) is 3.31. The predicted molar refractivity (Wildman–Crippen MR) is 75.5 cm³/mol. The molecule has 0 amide bonds. The van der Waals surface area contributed by atoms with E-state index < -0.39 is 0 Å². The molecule has 2 N–H and O–H groups in total. The molecule has 0 radical (unpaired) electrons. The summed E-state index contributed by atoms with van der Waals surface area (Å²) in [6, 6.07) is 6.20. The third-order valence-electron chi connectivity index (χ3n) is 4.36. The largest absolute Gasteiger partial charge is 0.490 e. The molecule has 1 aliphatic carbocycles. The van der Waals surface area contributed by atoms with Crippen molar-refractivity contribution >= 4 is 0 Å². The highest BCUT2D eigenvalue weighted by atomic mass is 16.5. The van der Waals surface area contributed by atoms with E-state index in [-0.39, 0.29) is 5.54 Å². The van der Waals surface area contributed by atoms with Gasteiger partial charge in [-0.1, -0.05) is 19.9 Å². The molecule has 2 aliphatic rings. The van der Waals surface area contributed by atoms with Crippen LogP contribution in [0.1, 0.15) is 45.1 Å². The molecular formula is C16H23NO2. The molecule has 1 aromatic rings. The van der Waals surface area contributed by atoms with Crippen LogP contribution in [0, 0.1) is 5.41 Å². The Morgan fingerprint density at radius 3 is 2.47 bits per heavy atom. The maximum atomic E-state index is 6.63. The lowest BCUT2D eigenvalue weighted by Gasteiger charge is -2.27. The van der Waals surface area contributed by atoms with Crippen molar-refractivity contribution in [1.29, 1.82) is 0 Å². The Hall–Kier alpha value is -1.22. The summed E-state index contributed by atoms with van der Waals surface area (Å²) in [4.78, 5) is 0. The Balaban J connectivity index is 1.92. The summed E-state index contributed by atoms with van der Waals surface area (Å²) in [7, 11) is 0. The maximum absolute atomic E-state index is 6.63. The number of ether oxygens (including phenoxy) is 2. The molecule has 3 heteroatoms. The minimum absolute atomic E-state index is 0.214. The van der Waals surface area contributed by atoms with Gasteiger partial charge in [0, 0.05) is 12.0 Å². The Labute approximate surface area is 115 Å². The summed E-state index contributed by atoms with van der Waals surface area (Å²) in [5, 5.41) is 0. The molecule has 0 aromatic heterocycles. The highest BCUT2D eigenvalue weighted by Crippen LogP contribution is 2.48. The van der Waals surface area contributed by atoms with Gasteiger partial charge >= 0.3 is 0 Å². The van der Waals surface area contributed by atoms with Crippen LogP contribution in [0.15, 0.2) is 18.2 Å². The fraction of sp³-hybridized carbons (Fsp3) is 0.625. The van der Waals surface area contributed by atoms with E-state index in [1.54, 1.807) is 0 Å². The second kappa shape index (κ2) is 4.41. The van der Waals surface area contributed by atoms with Crippen molar-refractivity contribution in [3.05, 3.63) is 23.8 Å². The van der Waals surface area contributed by atoms with Gasteiger partial charge in [0.2, 0.25) is 0 Å². The lowest BCUT2D eigenvalue weighted by atomic mass is 9.84. The topological polar surface area (TPSA) is 44.5 Å². The molecular weight excluding hydrogens is 238 g/mol. The molecule has 0 bridgehead atoms. The molecule has 3 nitrogen and oxygen atoms in total. The van der Waals surface area contributed by atoms with Gasteiger partial charge in [0.05, 0.1) is 13.2 Å². The van der Waals surface area contributed by atoms with Crippen LogP contribution in [-0.4, -0.2) is 13.2 Å². The number of rotatable bonds is 1. The first kappa shape index (κ1) is 12.8. The molecule has 0 saturated heterocycles. The first-order valence-corrected chi connectivity index (χ1v) is 7.18. The Morgan fingerprint density at radius 2 is 1.79 bits per heavy atom. The normalized spacial score (nSPS) is 29.0. The minimum Gasteiger partial charge on any atom is -0.490 e. The molecule has 104 valence electrons.